The second-order valence-corrected chi connectivity index (χ2v) is 7.56. The Kier molecular flexibility index (Phi) is 5.42. The average Bonchev–Trinajstić information content (AvgIpc) is 3.22. The van der Waals surface area contributed by atoms with Crippen molar-refractivity contribution in [3.8, 4) is 5.69 Å². The Morgan fingerprint density at radius 1 is 1.14 bits per heavy atom. The van der Waals surface area contributed by atoms with Crippen LogP contribution in [0.4, 0.5) is 0 Å². The summed E-state index contributed by atoms with van der Waals surface area (Å²) in [5.41, 5.74) is 5.85. The van der Waals surface area contributed by atoms with Crippen LogP contribution in [0, 0.1) is 6.92 Å². The zero-order chi connectivity index (χ0) is 20.4. The lowest BCUT2D eigenvalue weighted by Gasteiger charge is -2.02. The molecular formula is C21H15BrClN5O. The number of aromatic nitrogens is 2. The predicted molar refractivity (Wildman–Crippen MR) is 119 cm³/mol. The molecule has 144 valence electrons. The highest BCUT2D eigenvalue weighted by atomic mass is 79.9. The molecule has 0 spiro atoms. The number of amidine groups is 1. The summed E-state index contributed by atoms with van der Waals surface area (Å²) in [6.07, 6.45) is 3.32. The van der Waals surface area contributed by atoms with Gasteiger partial charge in [0.25, 0.3) is 5.91 Å². The van der Waals surface area contributed by atoms with Gasteiger partial charge >= 0.3 is 0 Å². The van der Waals surface area contributed by atoms with E-state index >= 15 is 0 Å². The van der Waals surface area contributed by atoms with Crippen molar-refractivity contribution in [2.24, 2.45) is 10.1 Å². The fourth-order valence-electron chi connectivity index (χ4n) is 2.80. The third-order valence-electron chi connectivity index (χ3n) is 4.29. The molecule has 0 bridgehead atoms. The topological polar surface area (TPSA) is 71.6 Å². The summed E-state index contributed by atoms with van der Waals surface area (Å²) in [5, 5.41) is 8.94. The minimum Gasteiger partial charge on any atom is -0.267 e. The number of nitrogens with one attached hydrogen (secondary N) is 1. The molecule has 29 heavy (non-hydrogen) atoms. The molecule has 0 fully saturated rings. The third-order valence-corrected chi connectivity index (χ3v) is 5.18. The van der Waals surface area contributed by atoms with Crippen LogP contribution < -0.4 is 5.43 Å². The summed E-state index contributed by atoms with van der Waals surface area (Å²) in [5.74, 6) is -0.0447. The van der Waals surface area contributed by atoms with Gasteiger partial charge < -0.3 is 0 Å². The maximum atomic E-state index is 12.3. The first-order valence-electron chi connectivity index (χ1n) is 8.73. The number of carbonyl (C=O) groups excluding carboxylic acids is 1. The highest BCUT2D eigenvalue weighted by Gasteiger charge is 2.24. The van der Waals surface area contributed by atoms with E-state index in [0.29, 0.717) is 27.8 Å². The number of carbonyl (C=O) groups is 1. The first kappa shape index (κ1) is 19.3. The maximum Gasteiger partial charge on any atom is 0.275 e. The van der Waals surface area contributed by atoms with Crippen molar-refractivity contribution in [3.05, 3.63) is 86.6 Å². The molecule has 0 saturated heterocycles. The van der Waals surface area contributed by atoms with Crippen LogP contribution in [0.25, 0.3) is 11.8 Å². The number of hydrazone groups is 1. The molecule has 8 heteroatoms. The van der Waals surface area contributed by atoms with E-state index in [2.05, 4.69) is 36.5 Å². The Hall–Kier alpha value is -3.03. The molecule has 1 aliphatic heterocycles. The Balaban J connectivity index is 1.68. The molecule has 1 N–H and O–H groups in total. The van der Waals surface area contributed by atoms with Gasteiger partial charge in [0.15, 0.2) is 5.84 Å². The fourth-order valence-corrected chi connectivity index (χ4v) is 3.39. The minimum atomic E-state index is -0.337. The summed E-state index contributed by atoms with van der Waals surface area (Å²) in [6.45, 7) is 1.84. The summed E-state index contributed by atoms with van der Waals surface area (Å²) in [6, 6.07) is 17.2. The molecule has 0 radical (unpaired) electrons. The van der Waals surface area contributed by atoms with Crippen LogP contribution in [0.5, 0.6) is 0 Å². The Morgan fingerprint density at radius 2 is 1.86 bits per heavy atom. The van der Waals surface area contributed by atoms with Gasteiger partial charge in [-0.3, -0.25) is 4.79 Å². The number of benzene rings is 2. The van der Waals surface area contributed by atoms with Crippen LogP contribution in [0.3, 0.4) is 0 Å². The van der Waals surface area contributed by atoms with Crippen molar-refractivity contribution >= 4 is 51.6 Å². The van der Waals surface area contributed by atoms with E-state index in [1.807, 2.05) is 61.5 Å². The SMILES string of the molecule is Cc1nn(-c2ccccc2)c(Cl)c1/C=C1\C(=O)NN=C1N=Cc1ccc(Br)cc1. The molecule has 1 amide bonds. The van der Waals surface area contributed by atoms with Gasteiger partial charge in [-0.05, 0) is 42.8 Å². The second kappa shape index (κ2) is 8.14. The Labute approximate surface area is 180 Å². The fraction of sp³-hybridized carbons (Fsp3) is 0.0476. The van der Waals surface area contributed by atoms with Crippen LogP contribution in [-0.4, -0.2) is 27.7 Å². The molecule has 6 nitrogen and oxygen atoms in total. The molecule has 1 aliphatic rings. The van der Waals surface area contributed by atoms with Crippen molar-refractivity contribution in [3.63, 3.8) is 0 Å². The second-order valence-electron chi connectivity index (χ2n) is 6.28. The van der Waals surface area contributed by atoms with E-state index in [4.69, 9.17) is 11.6 Å². The lowest BCUT2D eigenvalue weighted by Crippen LogP contribution is -2.12. The number of aliphatic imine (C=N–C) groups is 1. The number of halogens is 2. The van der Waals surface area contributed by atoms with Crippen molar-refractivity contribution in [2.75, 3.05) is 0 Å². The molecule has 2 aromatic carbocycles. The Morgan fingerprint density at radius 3 is 2.59 bits per heavy atom. The van der Waals surface area contributed by atoms with Crippen LogP contribution >= 0.6 is 27.5 Å². The van der Waals surface area contributed by atoms with Gasteiger partial charge in [0.05, 0.1) is 17.0 Å². The van der Waals surface area contributed by atoms with E-state index in [-0.39, 0.29) is 5.91 Å². The van der Waals surface area contributed by atoms with Crippen LogP contribution in [0.15, 0.2) is 74.7 Å². The lowest BCUT2D eigenvalue weighted by molar-refractivity contribution is -0.116. The van der Waals surface area contributed by atoms with Crippen LogP contribution in [0.1, 0.15) is 16.8 Å². The zero-order valence-electron chi connectivity index (χ0n) is 15.3. The quantitative estimate of drug-likeness (QED) is 0.453. The van der Waals surface area contributed by atoms with Gasteiger partial charge in [0.1, 0.15) is 5.15 Å². The largest absolute Gasteiger partial charge is 0.275 e. The summed E-state index contributed by atoms with van der Waals surface area (Å²) in [4.78, 5) is 16.7. The van der Waals surface area contributed by atoms with E-state index in [1.54, 1.807) is 17.0 Å². The van der Waals surface area contributed by atoms with Gasteiger partial charge in [-0.1, -0.05) is 57.9 Å². The molecular weight excluding hydrogens is 454 g/mol. The van der Waals surface area contributed by atoms with Gasteiger partial charge in [-0.25, -0.2) is 15.1 Å². The molecule has 2 heterocycles. The van der Waals surface area contributed by atoms with Gasteiger partial charge in [-0.2, -0.15) is 10.2 Å². The normalized spacial score (nSPS) is 15.2. The number of hydrogen-bond donors (Lipinski definition) is 1. The predicted octanol–water partition coefficient (Wildman–Crippen LogP) is 4.54. The molecule has 4 rings (SSSR count). The molecule has 0 atom stereocenters. The molecule has 0 aliphatic carbocycles. The highest BCUT2D eigenvalue weighted by molar-refractivity contribution is 9.10. The Bertz CT molecular complexity index is 1160. The van der Waals surface area contributed by atoms with E-state index in [0.717, 1.165) is 15.7 Å². The number of amides is 1. The number of para-hydroxylation sites is 1. The summed E-state index contributed by atoms with van der Waals surface area (Å²) < 4.78 is 2.61. The number of aryl methyl sites for hydroxylation is 1. The van der Waals surface area contributed by atoms with Gasteiger partial charge in [0, 0.05) is 16.3 Å². The first-order chi connectivity index (χ1) is 14.0. The monoisotopic (exact) mass is 467 g/mol. The smallest absolute Gasteiger partial charge is 0.267 e. The lowest BCUT2D eigenvalue weighted by atomic mass is 10.1. The van der Waals surface area contributed by atoms with Crippen LogP contribution in [-0.2, 0) is 4.79 Å². The van der Waals surface area contributed by atoms with Gasteiger partial charge in [0.2, 0.25) is 0 Å². The number of hydrogen-bond acceptors (Lipinski definition) is 4. The minimum absolute atomic E-state index is 0.292. The average molecular weight is 469 g/mol. The molecule has 1 aromatic heterocycles. The summed E-state index contributed by atoms with van der Waals surface area (Å²) >= 11 is 9.96. The van der Waals surface area contributed by atoms with E-state index in [9.17, 15) is 4.79 Å². The van der Waals surface area contributed by atoms with Crippen molar-refractivity contribution in [1.82, 2.24) is 15.2 Å². The summed E-state index contributed by atoms with van der Waals surface area (Å²) in [7, 11) is 0. The maximum absolute atomic E-state index is 12.3. The zero-order valence-corrected chi connectivity index (χ0v) is 17.6. The van der Waals surface area contributed by atoms with Crippen molar-refractivity contribution in [2.45, 2.75) is 6.92 Å². The molecule has 0 unspecified atom stereocenters. The first-order valence-corrected chi connectivity index (χ1v) is 9.90. The van der Waals surface area contributed by atoms with E-state index in [1.165, 1.54) is 0 Å². The van der Waals surface area contributed by atoms with Crippen molar-refractivity contribution < 1.29 is 4.79 Å². The highest BCUT2D eigenvalue weighted by Crippen LogP contribution is 2.26. The van der Waals surface area contributed by atoms with Crippen LogP contribution in [0.2, 0.25) is 5.15 Å². The van der Waals surface area contributed by atoms with Gasteiger partial charge in [-0.15, -0.1) is 0 Å². The number of nitrogens with zero attached hydrogens (tertiary/aromatic N) is 4. The standard InChI is InChI=1S/C21H15BrClN5O/c1-13-17(19(23)28(27-13)16-5-3-2-4-6-16)11-18-20(25-26-21(18)29)24-12-14-7-9-15(22)10-8-14/h2-12H,1H3,(H,26,29)/b18-11-,24-12?. The van der Waals surface area contributed by atoms with Crippen molar-refractivity contribution in [1.29, 1.82) is 0 Å². The molecule has 0 saturated carbocycles. The number of rotatable bonds is 3. The molecule has 3 aromatic rings. The third kappa shape index (κ3) is 4.06. The van der Waals surface area contributed by atoms with E-state index < -0.39 is 0 Å².